The zero-order chi connectivity index (χ0) is 20.6. The van der Waals surface area contributed by atoms with Gasteiger partial charge in [-0.2, -0.15) is 0 Å². The molecular weight excluding hydrogens is 433 g/mol. The molecule has 1 amide bonds. The Morgan fingerprint density at radius 3 is 2.76 bits per heavy atom. The number of fused-ring (bicyclic) bond motifs is 1. The van der Waals surface area contributed by atoms with Crippen LogP contribution >= 0.6 is 23.1 Å². The van der Waals surface area contributed by atoms with Gasteiger partial charge in [0.15, 0.2) is 9.84 Å². The Morgan fingerprint density at radius 2 is 2.07 bits per heavy atom. The highest BCUT2D eigenvalue weighted by Gasteiger charge is 2.32. The highest BCUT2D eigenvalue weighted by Crippen LogP contribution is 2.37. The molecule has 0 radical (unpaired) electrons. The van der Waals surface area contributed by atoms with Crippen molar-refractivity contribution < 1.29 is 17.6 Å². The van der Waals surface area contributed by atoms with Crippen molar-refractivity contribution in [1.82, 2.24) is 14.9 Å². The number of benzene rings is 1. The summed E-state index contributed by atoms with van der Waals surface area (Å²) < 4.78 is 37.4. The second-order valence-electron chi connectivity index (χ2n) is 6.86. The Labute approximate surface area is 176 Å². The van der Waals surface area contributed by atoms with Gasteiger partial charge in [-0.15, -0.1) is 11.3 Å². The summed E-state index contributed by atoms with van der Waals surface area (Å²) in [5, 5.41) is 0.703. The third-order valence-electron chi connectivity index (χ3n) is 4.89. The molecule has 1 saturated heterocycles. The Balaban J connectivity index is 1.49. The smallest absolute Gasteiger partial charge is 0.233 e. The molecule has 6 nitrogen and oxygen atoms in total. The molecule has 10 heteroatoms. The molecule has 2 aromatic heterocycles. The van der Waals surface area contributed by atoms with Crippen molar-refractivity contribution >= 4 is 49.1 Å². The lowest BCUT2D eigenvalue weighted by molar-refractivity contribution is -0.128. The first-order chi connectivity index (χ1) is 13.8. The number of carbonyl (C=O) groups is 1. The van der Waals surface area contributed by atoms with Crippen molar-refractivity contribution in [3.8, 4) is 10.4 Å². The number of thioether (sulfide) groups is 1. The van der Waals surface area contributed by atoms with Crippen molar-refractivity contribution in [1.29, 1.82) is 0 Å². The molecule has 0 bridgehead atoms. The zero-order valence-corrected chi connectivity index (χ0v) is 18.0. The van der Waals surface area contributed by atoms with Gasteiger partial charge >= 0.3 is 0 Å². The van der Waals surface area contributed by atoms with E-state index in [9.17, 15) is 17.6 Å². The number of aromatic nitrogens is 2. The molecular formula is C19H18FN3O3S3. The number of halogens is 1. The molecule has 0 unspecified atom stereocenters. The molecule has 1 aliphatic heterocycles. The zero-order valence-electron chi connectivity index (χ0n) is 15.5. The molecule has 3 aromatic rings. The number of sulfone groups is 1. The fourth-order valence-electron chi connectivity index (χ4n) is 3.21. The highest BCUT2D eigenvalue weighted by atomic mass is 32.2. The normalized spacial score (nSPS) is 18.2. The van der Waals surface area contributed by atoms with Crippen LogP contribution in [0.1, 0.15) is 6.42 Å². The van der Waals surface area contributed by atoms with Crippen molar-refractivity contribution in [3.63, 3.8) is 0 Å². The topological polar surface area (TPSA) is 80.2 Å². The van der Waals surface area contributed by atoms with E-state index in [4.69, 9.17) is 0 Å². The van der Waals surface area contributed by atoms with Crippen LogP contribution in [0.4, 0.5) is 4.39 Å². The van der Waals surface area contributed by atoms with Gasteiger partial charge in [-0.25, -0.2) is 22.8 Å². The number of nitrogens with zero attached hydrogens (tertiary/aromatic N) is 3. The summed E-state index contributed by atoms with van der Waals surface area (Å²) in [4.78, 5) is 23.6. The van der Waals surface area contributed by atoms with Gasteiger partial charge in [0.1, 0.15) is 17.2 Å². The first-order valence-corrected chi connectivity index (χ1v) is 12.5. The molecule has 1 fully saturated rings. The average molecular weight is 452 g/mol. The van der Waals surface area contributed by atoms with Crippen molar-refractivity contribution in [2.75, 3.05) is 24.3 Å². The van der Waals surface area contributed by atoms with E-state index in [0.29, 0.717) is 11.4 Å². The minimum atomic E-state index is -3.04. The van der Waals surface area contributed by atoms with Crippen LogP contribution in [0.3, 0.4) is 0 Å². The van der Waals surface area contributed by atoms with Crippen LogP contribution in [0.5, 0.6) is 0 Å². The van der Waals surface area contributed by atoms with Crippen LogP contribution in [-0.2, 0) is 14.6 Å². The van der Waals surface area contributed by atoms with E-state index in [0.717, 1.165) is 20.7 Å². The molecule has 1 atom stereocenters. The lowest BCUT2D eigenvalue weighted by atomic mass is 10.2. The molecule has 0 spiro atoms. The quantitative estimate of drug-likeness (QED) is 0.438. The maximum atomic E-state index is 13.2. The molecule has 4 rings (SSSR count). The molecule has 0 N–H and O–H groups in total. The van der Waals surface area contributed by atoms with Gasteiger partial charge in [0, 0.05) is 18.0 Å². The fraction of sp³-hybridized carbons (Fsp3) is 0.316. The number of amides is 1. The summed E-state index contributed by atoms with van der Waals surface area (Å²) in [6, 6.07) is 7.93. The summed E-state index contributed by atoms with van der Waals surface area (Å²) >= 11 is 2.81. The maximum absolute atomic E-state index is 13.2. The summed E-state index contributed by atoms with van der Waals surface area (Å²) in [6.07, 6.45) is 1.95. The second kappa shape index (κ2) is 8.00. The van der Waals surface area contributed by atoms with Gasteiger partial charge in [0.05, 0.1) is 27.5 Å². The van der Waals surface area contributed by atoms with Crippen LogP contribution in [0.15, 0.2) is 41.7 Å². The van der Waals surface area contributed by atoms with Crippen LogP contribution in [0.2, 0.25) is 0 Å². The van der Waals surface area contributed by atoms with Gasteiger partial charge in [-0.3, -0.25) is 4.79 Å². The lowest BCUT2D eigenvalue weighted by Gasteiger charge is -2.23. The van der Waals surface area contributed by atoms with Crippen molar-refractivity contribution in [2.24, 2.45) is 0 Å². The molecule has 152 valence electrons. The van der Waals surface area contributed by atoms with E-state index >= 15 is 0 Å². The first-order valence-electron chi connectivity index (χ1n) is 8.92. The van der Waals surface area contributed by atoms with Gasteiger partial charge in [0.25, 0.3) is 0 Å². The largest absolute Gasteiger partial charge is 0.341 e. The summed E-state index contributed by atoms with van der Waals surface area (Å²) in [7, 11) is -1.38. The van der Waals surface area contributed by atoms with Crippen molar-refractivity contribution in [3.05, 3.63) is 42.5 Å². The fourth-order valence-corrected chi connectivity index (χ4v) is 7.11. The standard InChI is InChI=1S/C19H18FN3O3S3/c1-23(14-6-7-29(25,26)10-14)17(24)9-27-19-18-15(21-11-22-19)8-16(28-18)12-2-4-13(20)5-3-12/h2-5,8,11,14H,6-7,9-10H2,1H3/t14-/m1/s1. The minimum absolute atomic E-state index is 0.0314. The van der Waals surface area contributed by atoms with Crippen LogP contribution in [0.25, 0.3) is 20.7 Å². The summed E-state index contributed by atoms with van der Waals surface area (Å²) in [6.45, 7) is 0. The van der Waals surface area contributed by atoms with E-state index in [2.05, 4.69) is 9.97 Å². The Bertz CT molecular complexity index is 1160. The van der Waals surface area contributed by atoms with E-state index in [1.54, 1.807) is 19.2 Å². The maximum Gasteiger partial charge on any atom is 0.233 e. The Morgan fingerprint density at radius 1 is 1.31 bits per heavy atom. The Kier molecular flexibility index (Phi) is 5.58. The van der Waals surface area contributed by atoms with Gasteiger partial charge in [-0.1, -0.05) is 23.9 Å². The molecule has 3 heterocycles. The predicted molar refractivity (Wildman–Crippen MR) is 113 cm³/mol. The summed E-state index contributed by atoms with van der Waals surface area (Å²) in [5.41, 5.74) is 1.66. The number of rotatable bonds is 5. The van der Waals surface area contributed by atoms with E-state index in [-0.39, 0.29) is 35.0 Å². The first kappa shape index (κ1) is 20.2. The third kappa shape index (κ3) is 4.44. The van der Waals surface area contributed by atoms with Gasteiger partial charge in [-0.05, 0) is 30.2 Å². The molecule has 0 aliphatic carbocycles. The molecule has 29 heavy (non-hydrogen) atoms. The van der Waals surface area contributed by atoms with Crippen molar-refractivity contribution in [2.45, 2.75) is 17.5 Å². The number of hydrogen-bond acceptors (Lipinski definition) is 7. The lowest BCUT2D eigenvalue weighted by Crippen LogP contribution is -2.38. The van der Waals surface area contributed by atoms with Crippen LogP contribution in [-0.4, -0.2) is 59.5 Å². The summed E-state index contributed by atoms with van der Waals surface area (Å²) in [5.74, 6) is -0.0779. The third-order valence-corrected chi connectivity index (χ3v) is 8.92. The molecule has 1 aromatic carbocycles. The van der Waals surface area contributed by atoms with Gasteiger partial charge in [0.2, 0.25) is 5.91 Å². The number of thiophene rings is 1. The van der Waals surface area contributed by atoms with E-state index < -0.39 is 9.84 Å². The minimum Gasteiger partial charge on any atom is -0.341 e. The van der Waals surface area contributed by atoms with Gasteiger partial charge < -0.3 is 4.90 Å². The highest BCUT2D eigenvalue weighted by molar-refractivity contribution is 8.00. The van der Waals surface area contributed by atoms with E-state index in [1.807, 2.05) is 6.07 Å². The SMILES string of the molecule is CN(C(=O)CSc1ncnc2cc(-c3ccc(F)cc3)sc12)[C@@H]1CCS(=O)(=O)C1. The van der Waals surface area contributed by atoms with Crippen LogP contribution in [0, 0.1) is 5.82 Å². The number of carbonyl (C=O) groups excluding carboxylic acids is 1. The Hall–Kier alpha value is -2.04. The second-order valence-corrected chi connectivity index (χ2v) is 11.1. The van der Waals surface area contributed by atoms with Crippen LogP contribution < -0.4 is 0 Å². The monoisotopic (exact) mass is 451 g/mol. The van der Waals surface area contributed by atoms with E-state index in [1.165, 1.54) is 46.5 Å². The molecule has 0 saturated carbocycles. The average Bonchev–Trinajstić information content (AvgIpc) is 3.29. The predicted octanol–water partition coefficient (Wildman–Crippen LogP) is 3.24. The molecule has 1 aliphatic rings. The number of hydrogen-bond donors (Lipinski definition) is 0.